The smallest absolute Gasteiger partial charge is 0.462 e. The zero-order chi connectivity index (χ0) is 78.8. The summed E-state index contributed by atoms with van der Waals surface area (Å²) in [6, 6.07) is 0. The summed E-state index contributed by atoms with van der Waals surface area (Å²) >= 11 is 0. The van der Waals surface area contributed by atoms with E-state index >= 15 is 0 Å². The Labute approximate surface area is 658 Å². The average Bonchev–Trinajstić information content (AvgIpc) is 0.902. The van der Waals surface area contributed by atoms with Crippen molar-refractivity contribution < 1.29 is 80.2 Å². The van der Waals surface area contributed by atoms with Gasteiger partial charge in [0.25, 0.3) is 0 Å². The Morgan fingerprint density at radius 3 is 0.664 bits per heavy atom. The van der Waals surface area contributed by atoms with Crippen LogP contribution in [0.1, 0.15) is 460 Å². The predicted molar refractivity (Wildman–Crippen MR) is 441 cm³/mol. The normalized spacial score (nSPS) is 14.4. The summed E-state index contributed by atoms with van der Waals surface area (Å²) in [6.45, 7) is 14.4. The third kappa shape index (κ3) is 79.1. The fraction of sp³-hybridized carbons (Fsp3) is 0.955. The van der Waals surface area contributed by atoms with E-state index in [2.05, 4.69) is 55.4 Å². The first-order valence-electron chi connectivity index (χ1n) is 45.3. The Morgan fingerprint density at radius 2 is 0.449 bits per heavy atom. The molecule has 0 aliphatic rings. The van der Waals surface area contributed by atoms with Crippen LogP contribution in [0.4, 0.5) is 0 Å². The molecular weight excluding hydrogens is 1390 g/mol. The highest BCUT2D eigenvalue weighted by Gasteiger charge is 2.31. The lowest BCUT2D eigenvalue weighted by Gasteiger charge is -2.21. The predicted octanol–water partition coefficient (Wildman–Crippen LogP) is 26.7. The third-order valence-corrected chi connectivity index (χ3v) is 23.2. The van der Waals surface area contributed by atoms with Gasteiger partial charge >= 0.3 is 39.5 Å². The number of aliphatic hydroxyl groups is 1. The lowest BCUT2D eigenvalue weighted by Crippen LogP contribution is -2.30. The highest BCUT2D eigenvalue weighted by molar-refractivity contribution is 7.47. The summed E-state index contributed by atoms with van der Waals surface area (Å²) in [5, 5.41) is 10.7. The van der Waals surface area contributed by atoms with Crippen LogP contribution in [0.2, 0.25) is 0 Å². The summed E-state index contributed by atoms with van der Waals surface area (Å²) in [4.78, 5) is 73.3. The van der Waals surface area contributed by atoms with Crippen LogP contribution < -0.4 is 0 Å². The molecule has 0 heterocycles. The minimum Gasteiger partial charge on any atom is -0.462 e. The average molecular weight is 1560 g/mol. The quantitative estimate of drug-likeness (QED) is 0.0222. The third-order valence-electron chi connectivity index (χ3n) is 21.3. The summed E-state index contributed by atoms with van der Waals surface area (Å²) in [5.41, 5.74) is 0. The van der Waals surface area contributed by atoms with Gasteiger partial charge in [0.15, 0.2) is 12.2 Å². The van der Waals surface area contributed by atoms with Crippen molar-refractivity contribution in [2.75, 3.05) is 39.6 Å². The molecule has 0 aliphatic heterocycles. The summed E-state index contributed by atoms with van der Waals surface area (Å²) in [5.74, 6) is 1.10. The maximum Gasteiger partial charge on any atom is 0.472 e. The van der Waals surface area contributed by atoms with E-state index < -0.39 is 97.5 Å². The fourth-order valence-electron chi connectivity index (χ4n) is 13.6. The van der Waals surface area contributed by atoms with E-state index in [0.717, 1.165) is 120 Å². The minimum atomic E-state index is -4.97. The highest BCUT2D eigenvalue weighted by Crippen LogP contribution is 2.45. The first-order valence-corrected chi connectivity index (χ1v) is 48.3. The number of phosphoric acid groups is 2. The van der Waals surface area contributed by atoms with Crippen molar-refractivity contribution in [3.05, 3.63) is 0 Å². The van der Waals surface area contributed by atoms with E-state index in [1.165, 1.54) is 257 Å². The number of carbonyl (C=O) groups is 4. The van der Waals surface area contributed by atoms with Gasteiger partial charge in [0.1, 0.15) is 19.3 Å². The first-order chi connectivity index (χ1) is 51.7. The summed E-state index contributed by atoms with van der Waals surface area (Å²) < 4.78 is 68.9. The van der Waals surface area contributed by atoms with Crippen molar-refractivity contribution in [1.29, 1.82) is 0 Å². The van der Waals surface area contributed by atoms with Crippen molar-refractivity contribution >= 4 is 39.5 Å². The molecule has 0 amide bonds. The molecule has 0 saturated carbocycles. The number of phosphoric ester groups is 2. The molecule has 0 spiro atoms. The molecule has 0 bridgehead atoms. The van der Waals surface area contributed by atoms with Crippen LogP contribution in [0.3, 0.4) is 0 Å². The summed E-state index contributed by atoms with van der Waals surface area (Å²) in [7, 11) is -9.93. The van der Waals surface area contributed by atoms with Crippen LogP contribution >= 0.6 is 15.6 Å². The van der Waals surface area contributed by atoms with Crippen LogP contribution in [0.15, 0.2) is 0 Å². The molecule has 7 atom stereocenters. The van der Waals surface area contributed by atoms with Gasteiger partial charge in [0.05, 0.1) is 26.4 Å². The molecule has 0 fully saturated rings. The van der Waals surface area contributed by atoms with E-state index in [-0.39, 0.29) is 25.7 Å². The van der Waals surface area contributed by atoms with Crippen LogP contribution in [-0.2, 0) is 65.4 Å². The molecule has 0 aliphatic carbocycles. The SMILES string of the molecule is CCC(C)CCCCCCCCCCCCCCCCCCCCC(=O)O[C@H](COC(=O)CCCCCCCCC(C)CC)COP(=O)(O)OC[C@H](O)COP(=O)(O)OC[C@@H](COC(=O)CCCCCCCCCCCCCCCCC(C)C)OC(=O)CCCCCCCCCCCCCCCCCC(C)C. The zero-order valence-electron chi connectivity index (χ0n) is 70.8. The van der Waals surface area contributed by atoms with E-state index in [0.29, 0.717) is 25.7 Å². The molecule has 19 heteroatoms. The van der Waals surface area contributed by atoms with Gasteiger partial charge in [-0.1, -0.05) is 409 Å². The maximum absolute atomic E-state index is 13.1. The molecular formula is C88H172O17P2. The van der Waals surface area contributed by atoms with Gasteiger partial charge in [-0.3, -0.25) is 37.3 Å². The van der Waals surface area contributed by atoms with Crippen molar-refractivity contribution in [2.24, 2.45) is 23.7 Å². The van der Waals surface area contributed by atoms with Crippen LogP contribution in [0, 0.1) is 23.7 Å². The molecule has 0 aromatic heterocycles. The number of carbonyl (C=O) groups excluding carboxylic acids is 4. The number of aliphatic hydroxyl groups excluding tert-OH is 1. The second-order valence-electron chi connectivity index (χ2n) is 33.1. The van der Waals surface area contributed by atoms with Crippen molar-refractivity contribution in [1.82, 2.24) is 0 Å². The topological polar surface area (TPSA) is 237 Å². The summed E-state index contributed by atoms with van der Waals surface area (Å²) in [6.07, 6.45) is 66.7. The number of hydrogen-bond donors (Lipinski definition) is 3. The highest BCUT2D eigenvalue weighted by atomic mass is 31.2. The van der Waals surface area contributed by atoms with Gasteiger partial charge in [-0.15, -0.1) is 0 Å². The number of esters is 4. The second-order valence-corrected chi connectivity index (χ2v) is 36.0. The number of rotatable bonds is 85. The molecule has 0 radical (unpaired) electrons. The number of ether oxygens (including phenoxy) is 4. The van der Waals surface area contributed by atoms with Crippen molar-refractivity contribution in [2.45, 2.75) is 478 Å². The van der Waals surface area contributed by atoms with Gasteiger partial charge in [-0.05, 0) is 49.4 Å². The number of hydrogen-bond acceptors (Lipinski definition) is 15. The second kappa shape index (κ2) is 76.7. The first kappa shape index (κ1) is 105. The van der Waals surface area contributed by atoms with Crippen LogP contribution in [0.5, 0.6) is 0 Å². The van der Waals surface area contributed by atoms with Crippen molar-refractivity contribution in [3.8, 4) is 0 Å². The monoisotopic (exact) mass is 1560 g/mol. The molecule has 0 aromatic carbocycles. The van der Waals surface area contributed by atoms with E-state index in [1.54, 1.807) is 0 Å². The zero-order valence-corrected chi connectivity index (χ0v) is 72.6. The largest absolute Gasteiger partial charge is 0.472 e. The lowest BCUT2D eigenvalue weighted by atomic mass is 9.99. The Bertz CT molecular complexity index is 2080. The Kier molecular flexibility index (Phi) is 75.3. The van der Waals surface area contributed by atoms with Gasteiger partial charge in [-0.2, -0.15) is 0 Å². The Balaban J connectivity index is 5.21. The molecule has 0 rings (SSSR count). The Hall–Kier alpha value is -1.94. The molecule has 17 nitrogen and oxygen atoms in total. The Morgan fingerprint density at radius 1 is 0.262 bits per heavy atom. The molecule has 107 heavy (non-hydrogen) atoms. The van der Waals surface area contributed by atoms with E-state index in [1.807, 2.05) is 0 Å². The van der Waals surface area contributed by atoms with Crippen LogP contribution in [-0.4, -0.2) is 96.7 Å². The molecule has 3 N–H and O–H groups in total. The van der Waals surface area contributed by atoms with Gasteiger partial charge < -0.3 is 33.8 Å². The molecule has 0 aromatic rings. The minimum absolute atomic E-state index is 0.107. The van der Waals surface area contributed by atoms with Gasteiger partial charge in [0.2, 0.25) is 0 Å². The fourth-order valence-corrected chi connectivity index (χ4v) is 15.2. The maximum atomic E-state index is 13.1. The molecule has 636 valence electrons. The molecule has 4 unspecified atom stereocenters. The van der Waals surface area contributed by atoms with Crippen molar-refractivity contribution in [3.63, 3.8) is 0 Å². The van der Waals surface area contributed by atoms with Gasteiger partial charge in [0, 0.05) is 25.7 Å². The van der Waals surface area contributed by atoms with Gasteiger partial charge in [-0.25, -0.2) is 9.13 Å². The van der Waals surface area contributed by atoms with E-state index in [9.17, 15) is 43.2 Å². The molecule has 0 saturated heterocycles. The van der Waals surface area contributed by atoms with Crippen LogP contribution in [0.25, 0.3) is 0 Å². The number of unbranched alkanes of at least 4 members (excludes halogenated alkanes) is 49. The lowest BCUT2D eigenvalue weighted by molar-refractivity contribution is -0.161. The standard InChI is InChI=1S/C88H172O17P2/c1-9-80(7)66-58-50-42-36-30-24-17-13-11-12-14-18-26-32-38-44-54-62-71-88(93)105-84(75-99-86(91)69-61-53-47-46-51-59-67-81(8)10-2)77-103-107(96,97)101-73-82(89)72-100-106(94,95)102-76-83(74-98-85(90)68-60-52-43-37-31-25-21-20-23-29-35-41-49-57-65-79(5)6)104-87(92)70-63-55-45-39-33-27-19-15-16-22-28-34-40-48-56-64-78(3)4/h78-84,89H,9-77H2,1-8H3,(H,94,95)(H,96,97)/t80?,81?,82-,83-,84-/m1/s1. The van der Waals surface area contributed by atoms with E-state index in [4.69, 9.17) is 37.0 Å².